The van der Waals surface area contributed by atoms with Crippen molar-refractivity contribution in [2.75, 3.05) is 40.0 Å². The zero-order valence-corrected chi connectivity index (χ0v) is 10.7. The molecular weight excluding hydrogens is 230 g/mol. The van der Waals surface area contributed by atoms with E-state index < -0.39 is 0 Å². The second-order valence-corrected chi connectivity index (χ2v) is 4.73. The average molecular weight is 250 g/mol. The normalized spacial score (nSPS) is 25.8. The predicted octanol–water partition coefficient (Wildman–Crippen LogP) is 1.13. The molecule has 4 nitrogen and oxygen atoms in total. The highest BCUT2D eigenvalue weighted by atomic mass is 35.5. The Bertz CT molecular complexity index is 225. The smallest absolute Gasteiger partial charge is 0.248 e. The van der Waals surface area contributed by atoms with Gasteiger partial charge in [0.15, 0.2) is 0 Å². The summed E-state index contributed by atoms with van der Waals surface area (Å²) in [6.07, 6.45) is 0.970. The number of amides is 1. The van der Waals surface area contributed by atoms with E-state index in [-0.39, 0.29) is 17.9 Å². The number of methoxy groups -OCH3 is 1. The largest absolute Gasteiger partial charge is 0.382 e. The molecule has 0 aromatic rings. The molecule has 5 heteroatoms. The minimum atomic E-state index is 0.0219. The van der Waals surface area contributed by atoms with Crippen LogP contribution in [0.25, 0.3) is 0 Å². The first-order valence-electron chi connectivity index (χ1n) is 5.63. The van der Waals surface area contributed by atoms with Gasteiger partial charge < -0.3 is 14.4 Å². The lowest BCUT2D eigenvalue weighted by molar-refractivity contribution is -0.137. The molecule has 0 aliphatic carbocycles. The van der Waals surface area contributed by atoms with Crippen molar-refractivity contribution in [1.82, 2.24) is 4.90 Å². The number of carbonyl (C=O) groups is 1. The highest BCUT2D eigenvalue weighted by Crippen LogP contribution is 2.21. The molecule has 0 aromatic carbocycles. The van der Waals surface area contributed by atoms with Crippen molar-refractivity contribution < 1.29 is 14.3 Å². The summed E-state index contributed by atoms with van der Waals surface area (Å²) in [7, 11) is 1.61. The maximum atomic E-state index is 11.7. The monoisotopic (exact) mass is 249 g/mol. The van der Waals surface area contributed by atoms with Gasteiger partial charge in [-0.3, -0.25) is 4.79 Å². The molecule has 0 bridgehead atoms. The van der Waals surface area contributed by atoms with Gasteiger partial charge >= 0.3 is 0 Å². The van der Waals surface area contributed by atoms with E-state index in [9.17, 15) is 4.79 Å². The second kappa shape index (κ2) is 7.09. The number of hydrogen-bond acceptors (Lipinski definition) is 3. The minimum Gasteiger partial charge on any atom is -0.382 e. The Kier molecular flexibility index (Phi) is 6.09. The maximum Gasteiger partial charge on any atom is 0.248 e. The summed E-state index contributed by atoms with van der Waals surface area (Å²) in [5.74, 6) is 0.508. The predicted molar refractivity (Wildman–Crippen MR) is 62.7 cm³/mol. The Morgan fingerprint density at radius 3 is 2.88 bits per heavy atom. The van der Waals surface area contributed by atoms with Crippen LogP contribution in [0.2, 0.25) is 0 Å². The lowest BCUT2D eigenvalue weighted by Crippen LogP contribution is -2.45. The highest BCUT2D eigenvalue weighted by Gasteiger charge is 2.27. The number of halogens is 1. The molecule has 1 fully saturated rings. The van der Waals surface area contributed by atoms with E-state index in [1.165, 1.54) is 0 Å². The van der Waals surface area contributed by atoms with E-state index in [4.69, 9.17) is 21.1 Å². The summed E-state index contributed by atoms with van der Waals surface area (Å²) in [5, 5.41) is 0.0664. The Balaban J connectivity index is 2.21. The molecule has 1 saturated heterocycles. The van der Waals surface area contributed by atoms with E-state index in [0.717, 1.165) is 13.0 Å². The van der Waals surface area contributed by atoms with Gasteiger partial charge in [-0.2, -0.15) is 0 Å². The molecule has 1 aliphatic rings. The van der Waals surface area contributed by atoms with Crippen molar-refractivity contribution in [2.24, 2.45) is 5.92 Å². The summed E-state index contributed by atoms with van der Waals surface area (Å²) in [6, 6.07) is 0. The third-order valence-electron chi connectivity index (χ3n) is 2.88. The van der Waals surface area contributed by atoms with Crippen molar-refractivity contribution in [1.29, 1.82) is 0 Å². The number of ether oxygens (including phenoxy) is 2. The lowest BCUT2D eigenvalue weighted by atomic mass is 9.99. The van der Waals surface area contributed by atoms with E-state index in [1.807, 2.05) is 0 Å². The molecule has 2 atom stereocenters. The third-order valence-corrected chi connectivity index (χ3v) is 3.44. The van der Waals surface area contributed by atoms with Gasteiger partial charge in [-0.1, -0.05) is 6.92 Å². The molecule has 1 heterocycles. The third kappa shape index (κ3) is 4.28. The van der Waals surface area contributed by atoms with Gasteiger partial charge in [-0.05, 0) is 12.3 Å². The first-order chi connectivity index (χ1) is 7.65. The van der Waals surface area contributed by atoms with Crippen molar-refractivity contribution in [2.45, 2.75) is 18.7 Å². The van der Waals surface area contributed by atoms with Crippen molar-refractivity contribution >= 4 is 17.5 Å². The minimum absolute atomic E-state index is 0.0219. The molecule has 16 heavy (non-hydrogen) atoms. The quantitative estimate of drug-likeness (QED) is 0.542. The first kappa shape index (κ1) is 13.7. The number of carbonyl (C=O) groups excluding carboxylic acids is 1. The molecule has 0 spiro atoms. The number of nitrogens with zero attached hydrogens (tertiary/aromatic N) is 1. The van der Waals surface area contributed by atoms with Crippen LogP contribution < -0.4 is 0 Å². The molecule has 1 rings (SSSR count). The van der Waals surface area contributed by atoms with Gasteiger partial charge in [0.05, 0.1) is 18.6 Å². The van der Waals surface area contributed by atoms with Gasteiger partial charge in [-0.25, -0.2) is 0 Å². The summed E-state index contributed by atoms with van der Waals surface area (Å²) in [6.45, 7) is 4.64. The molecular formula is C11H20ClNO3. The van der Waals surface area contributed by atoms with E-state index in [2.05, 4.69) is 6.92 Å². The molecule has 0 N–H and O–H groups in total. The van der Waals surface area contributed by atoms with Gasteiger partial charge in [0.1, 0.15) is 6.61 Å². The fourth-order valence-corrected chi connectivity index (χ4v) is 1.93. The summed E-state index contributed by atoms with van der Waals surface area (Å²) in [5.41, 5.74) is 0. The van der Waals surface area contributed by atoms with E-state index in [0.29, 0.717) is 25.7 Å². The maximum absolute atomic E-state index is 11.7. The van der Waals surface area contributed by atoms with Crippen molar-refractivity contribution in [3.63, 3.8) is 0 Å². The van der Waals surface area contributed by atoms with Gasteiger partial charge in [-0.15, -0.1) is 11.6 Å². The SMILES string of the molecule is COCCOCC(=O)N1CCC(C)C(Cl)C1. The van der Waals surface area contributed by atoms with Crippen LogP contribution in [0.5, 0.6) is 0 Å². The molecule has 94 valence electrons. The van der Waals surface area contributed by atoms with Crippen molar-refractivity contribution in [3.8, 4) is 0 Å². The molecule has 0 aromatic heterocycles. The molecule has 0 radical (unpaired) electrons. The van der Waals surface area contributed by atoms with Gasteiger partial charge in [0.25, 0.3) is 0 Å². The number of hydrogen-bond donors (Lipinski definition) is 0. The Labute approximate surface area is 102 Å². The first-order valence-corrected chi connectivity index (χ1v) is 6.07. The standard InChI is InChI=1S/C11H20ClNO3/c1-9-3-4-13(7-10(9)12)11(14)8-16-6-5-15-2/h9-10H,3-8H2,1-2H3. The van der Waals surface area contributed by atoms with Crippen LogP contribution in [0.3, 0.4) is 0 Å². The zero-order valence-electron chi connectivity index (χ0n) is 9.95. The van der Waals surface area contributed by atoms with Gasteiger partial charge in [0, 0.05) is 20.2 Å². The molecule has 0 saturated carbocycles. The summed E-state index contributed by atoms with van der Waals surface area (Å²) >= 11 is 6.13. The molecule has 1 amide bonds. The summed E-state index contributed by atoms with van der Waals surface area (Å²) < 4.78 is 10.0. The van der Waals surface area contributed by atoms with Crippen LogP contribution >= 0.6 is 11.6 Å². The van der Waals surface area contributed by atoms with Crippen LogP contribution in [0, 0.1) is 5.92 Å². The number of piperidine rings is 1. The average Bonchev–Trinajstić information content (AvgIpc) is 2.28. The van der Waals surface area contributed by atoms with Gasteiger partial charge in [0.2, 0.25) is 5.91 Å². The van der Waals surface area contributed by atoms with E-state index in [1.54, 1.807) is 12.0 Å². The van der Waals surface area contributed by atoms with Crippen LogP contribution in [0.15, 0.2) is 0 Å². The number of rotatable bonds is 5. The van der Waals surface area contributed by atoms with Crippen LogP contribution in [-0.2, 0) is 14.3 Å². The topological polar surface area (TPSA) is 38.8 Å². The fraction of sp³-hybridized carbons (Fsp3) is 0.909. The van der Waals surface area contributed by atoms with E-state index >= 15 is 0 Å². The Morgan fingerprint density at radius 2 is 2.25 bits per heavy atom. The lowest BCUT2D eigenvalue weighted by Gasteiger charge is -2.33. The molecule has 2 unspecified atom stereocenters. The summed E-state index contributed by atoms with van der Waals surface area (Å²) in [4.78, 5) is 13.5. The zero-order chi connectivity index (χ0) is 12.0. The van der Waals surface area contributed by atoms with Crippen LogP contribution in [-0.4, -0.2) is 56.2 Å². The van der Waals surface area contributed by atoms with Crippen LogP contribution in [0.4, 0.5) is 0 Å². The number of likely N-dealkylation sites (tertiary alicyclic amines) is 1. The Morgan fingerprint density at radius 1 is 1.50 bits per heavy atom. The Hall–Kier alpha value is -0.320. The number of alkyl halides is 1. The van der Waals surface area contributed by atoms with Crippen LogP contribution in [0.1, 0.15) is 13.3 Å². The fourth-order valence-electron chi connectivity index (χ4n) is 1.64. The highest BCUT2D eigenvalue weighted by molar-refractivity contribution is 6.21. The molecule has 1 aliphatic heterocycles. The second-order valence-electron chi connectivity index (χ2n) is 4.17. The van der Waals surface area contributed by atoms with Crippen molar-refractivity contribution in [3.05, 3.63) is 0 Å².